The summed E-state index contributed by atoms with van der Waals surface area (Å²) in [5.74, 6) is 0.889. The van der Waals surface area contributed by atoms with Gasteiger partial charge in [-0.2, -0.15) is 0 Å². The van der Waals surface area contributed by atoms with E-state index in [2.05, 4.69) is 4.98 Å². The largest absolute Gasteiger partial charge is 0.489 e. The van der Waals surface area contributed by atoms with Crippen molar-refractivity contribution in [2.75, 3.05) is 7.11 Å². The van der Waals surface area contributed by atoms with Crippen molar-refractivity contribution < 1.29 is 14.6 Å². The zero-order valence-corrected chi connectivity index (χ0v) is 11.8. The molecular formula is C14H23NO3. The van der Waals surface area contributed by atoms with Crippen LogP contribution in [0.2, 0.25) is 0 Å². The van der Waals surface area contributed by atoms with E-state index in [0.717, 1.165) is 0 Å². The topological polar surface area (TPSA) is 51.6 Å². The molecule has 0 bridgehead atoms. The van der Waals surface area contributed by atoms with Crippen LogP contribution in [0, 0.1) is 5.92 Å². The molecule has 2 unspecified atom stereocenters. The maximum absolute atomic E-state index is 10.3. The van der Waals surface area contributed by atoms with E-state index in [-0.39, 0.29) is 18.1 Å². The molecule has 18 heavy (non-hydrogen) atoms. The van der Waals surface area contributed by atoms with Crippen molar-refractivity contribution in [3.8, 4) is 5.75 Å². The molecule has 0 amide bonds. The van der Waals surface area contributed by atoms with Gasteiger partial charge in [-0.15, -0.1) is 0 Å². The average Bonchev–Trinajstić information content (AvgIpc) is 2.28. The third kappa shape index (κ3) is 3.96. The maximum atomic E-state index is 10.3. The molecule has 4 nitrogen and oxygen atoms in total. The monoisotopic (exact) mass is 253 g/mol. The minimum absolute atomic E-state index is 0.0857. The molecule has 0 aliphatic rings. The average molecular weight is 253 g/mol. The Morgan fingerprint density at radius 2 is 1.83 bits per heavy atom. The summed E-state index contributed by atoms with van der Waals surface area (Å²) in [7, 11) is 1.61. The number of hydrogen-bond acceptors (Lipinski definition) is 4. The molecule has 0 aliphatic carbocycles. The lowest BCUT2D eigenvalue weighted by Gasteiger charge is -2.25. The van der Waals surface area contributed by atoms with E-state index in [4.69, 9.17) is 9.47 Å². The molecule has 0 radical (unpaired) electrons. The van der Waals surface area contributed by atoms with Gasteiger partial charge in [0.1, 0.15) is 11.9 Å². The molecule has 0 aliphatic heterocycles. The molecule has 0 saturated carbocycles. The lowest BCUT2D eigenvalue weighted by Crippen LogP contribution is -2.26. The van der Waals surface area contributed by atoms with E-state index in [0.29, 0.717) is 11.3 Å². The van der Waals surface area contributed by atoms with Gasteiger partial charge in [0, 0.05) is 18.9 Å². The molecule has 1 N–H and O–H groups in total. The number of aliphatic hydroxyl groups excluding tert-OH is 1. The Bertz CT molecular complexity index is 366. The van der Waals surface area contributed by atoms with Crippen molar-refractivity contribution in [1.29, 1.82) is 0 Å². The third-order valence-corrected chi connectivity index (χ3v) is 2.69. The van der Waals surface area contributed by atoms with E-state index in [1.807, 2.05) is 33.8 Å². The van der Waals surface area contributed by atoms with Gasteiger partial charge in [0.05, 0.1) is 18.4 Å². The van der Waals surface area contributed by atoms with Gasteiger partial charge in [-0.1, -0.05) is 13.8 Å². The Morgan fingerprint density at radius 3 is 2.33 bits per heavy atom. The summed E-state index contributed by atoms with van der Waals surface area (Å²) in [6, 6.07) is 1.81. The van der Waals surface area contributed by atoms with Crippen LogP contribution >= 0.6 is 0 Å². The molecule has 1 aromatic rings. The zero-order chi connectivity index (χ0) is 13.7. The Morgan fingerprint density at radius 1 is 1.17 bits per heavy atom. The van der Waals surface area contributed by atoms with Gasteiger partial charge in [-0.3, -0.25) is 4.98 Å². The van der Waals surface area contributed by atoms with Crippen LogP contribution in [0.15, 0.2) is 18.5 Å². The van der Waals surface area contributed by atoms with Gasteiger partial charge in [0.2, 0.25) is 0 Å². The van der Waals surface area contributed by atoms with Crippen molar-refractivity contribution >= 4 is 0 Å². The fraction of sp³-hybridized carbons (Fsp3) is 0.643. The number of nitrogens with zero attached hydrogens (tertiary/aromatic N) is 1. The Kier molecular flexibility index (Phi) is 5.56. The summed E-state index contributed by atoms with van der Waals surface area (Å²) < 4.78 is 10.9. The van der Waals surface area contributed by atoms with E-state index in [1.165, 1.54) is 0 Å². The summed E-state index contributed by atoms with van der Waals surface area (Å²) in [5, 5.41) is 10.3. The minimum Gasteiger partial charge on any atom is -0.489 e. The van der Waals surface area contributed by atoms with Crippen molar-refractivity contribution in [3.05, 3.63) is 24.0 Å². The zero-order valence-electron chi connectivity index (χ0n) is 11.8. The highest BCUT2D eigenvalue weighted by Gasteiger charge is 2.24. The van der Waals surface area contributed by atoms with Gasteiger partial charge in [-0.05, 0) is 25.8 Å². The molecule has 0 fully saturated rings. The maximum Gasteiger partial charge on any atom is 0.138 e. The van der Waals surface area contributed by atoms with Gasteiger partial charge < -0.3 is 14.6 Å². The summed E-state index contributed by atoms with van der Waals surface area (Å²) in [6.45, 7) is 7.93. The van der Waals surface area contributed by atoms with Gasteiger partial charge in [0.15, 0.2) is 0 Å². The fourth-order valence-corrected chi connectivity index (χ4v) is 1.89. The third-order valence-electron chi connectivity index (χ3n) is 2.69. The predicted octanol–water partition coefficient (Wildman–Crippen LogP) is 2.57. The first kappa shape index (κ1) is 14.9. The molecule has 4 heteroatoms. The number of methoxy groups -OCH3 is 1. The second kappa shape index (κ2) is 6.71. The smallest absolute Gasteiger partial charge is 0.138 e. The molecule has 1 heterocycles. The molecular weight excluding hydrogens is 230 g/mol. The lowest BCUT2D eigenvalue weighted by molar-refractivity contribution is -0.0393. The first-order chi connectivity index (χ1) is 8.45. The Hall–Kier alpha value is -1.13. The standard InChI is InChI=1S/C14H23NO3/c1-9(2)14(17-5)13(16)11-6-12(8-15-7-11)18-10(3)4/h6-10,13-14,16H,1-5H3. The Balaban J connectivity index is 2.88. The highest BCUT2D eigenvalue weighted by Crippen LogP contribution is 2.26. The van der Waals surface area contributed by atoms with E-state index in [1.54, 1.807) is 19.5 Å². The predicted molar refractivity (Wildman–Crippen MR) is 70.6 cm³/mol. The molecule has 0 spiro atoms. The number of ether oxygens (including phenoxy) is 2. The van der Waals surface area contributed by atoms with Gasteiger partial charge in [0.25, 0.3) is 0 Å². The van der Waals surface area contributed by atoms with Crippen molar-refractivity contribution in [3.63, 3.8) is 0 Å². The van der Waals surface area contributed by atoms with Gasteiger partial charge in [-0.25, -0.2) is 0 Å². The van der Waals surface area contributed by atoms with Crippen LogP contribution in [0.5, 0.6) is 5.75 Å². The van der Waals surface area contributed by atoms with Gasteiger partial charge >= 0.3 is 0 Å². The molecule has 0 aromatic carbocycles. The fourth-order valence-electron chi connectivity index (χ4n) is 1.89. The SMILES string of the molecule is COC(C(C)C)C(O)c1cncc(OC(C)C)c1. The van der Waals surface area contributed by atoms with E-state index >= 15 is 0 Å². The molecule has 1 aromatic heterocycles. The van der Waals surface area contributed by atoms with E-state index in [9.17, 15) is 5.11 Å². The number of rotatable bonds is 6. The van der Waals surface area contributed by atoms with Crippen LogP contribution in [-0.4, -0.2) is 29.4 Å². The lowest BCUT2D eigenvalue weighted by atomic mass is 9.97. The van der Waals surface area contributed by atoms with Crippen molar-refractivity contribution in [2.45, 2.75) is 46.0 Å². The number of aliphatic hydroxyl groups is 1. The van der Waals surface area contributed by atoms with Crippen LogP contribution in [0.1, 0.15) is 39.4 Å². The molecule has 102 valence electrons. The quantitative estimate of drug-likeness (QED) is 0.846. The van der Waals surface area contributed by atoms with Crippen LogP contribution in [0.4, 0.5) is 0 Å². The second-order valence-electron chi connectivity index (χ2n) is 5.01. The second-order valence-corrected chi connectivity index (χ2v) is 5.01. The Labute approximate surface area is 109 Å². The van der Waals surface area contributed by atoms with Crippen molar-refractivity contribution in [1.82, 2.24) is 4.98 Å². The number of pyridine rings is 1. The van der Waals surface area contributed by atoms with Crippen LogP contribution in [-0.2, 0) is 4.74 Å². The highest BCUT2D eigenvalue weighted by molar-refractivity contribution is 5.26. The normalized spacial score (nSPS) is 14.9. The first-order valence-corrected chi connectivity index (χ1v) is 6.28. The van der Waals surface area contributed by atoms with Crippen LogP contribution in [0.25, 0.3) is 0 Å². The van der Waals surface area contributed by atoms with Crippen LogP contribution in [0.3, 0.4) is 0 Å². The minimum atomic E-state index is -0.696. The highest BCUT2D eigenvalue weighted by atomic mass is 16.5. The molecule has 1 rings (SSSR count). The van der Waals surface area contributed by atoms with Crippen molar-refractivity contribution in [2.24, 2.45) is 5.92 Å². The molecule has 0 saturated heterocycles. The molecule has 2 atom stereocenters. The first-order valence-electron chi connectivity index (χ1n) is 6.28. The number of aromatic nitrogens is 1. The summed E-state index contributed by atoms with van der Waals surface area (Å²) in [5.41, 5.74) is 0.716. The van der Waals surface area contributed by atoms with E-state index < -0.39 is 6.10 Å². The number of hydrogen-bond donors (Lipinski definition) is 1. The summed E-state index contributed by atoms with van der Waals surface area (Å²) in [6.07, 6.45) is 2.43. The van der Waals surface area contributed by atoms with Crippen LogP contribution < -0.4 is 4.74 Å². The summed E-state index contributed by atoms with van der Waals surface area (Å²) in [4.78, 5) is 4.09. The summed E-state index contributed by atoms with van der Waals surface area (Å²) >= 11 is 0.